The lowest BCUT2D eigenvalue weighted by atomic mass is 10.2. The summed E-state index contributed by atoms with van der Waals surface area (Å²) in [7, 11) is 0. The summed E-state index contributed by atoms with van der Waals surface area (Å²) < 4.78 is 5.38. The van der Waals surface area contributed by atoms with Crippen LogP contribution in [0.5, 0.6) is 0 Å². The summed E-state index contributed by atoms with van der Waals surface area (Å²) in [5.41, 5.74) is 1.09. The Balaban J connectivity index is 3.35. The number of carboxylic acid groups (broad SMARTS) is 1. The second-order valence-corrected chi connectivity index (χ2v) is 3.32. The van der Waals surface area contributed by atoms with Crippen molar-refractivity contribution in [2.75, 3.05) is 6.61 Å². The molecule has 0 fully saturated rings. The number of aliphatic carboxylic acids is 1. The molecule has 0 aliphatic rings. The van der Waals surface area contributed by atoms with Crippen LogP contribution < -0.4 is 0 Å². The van der Waals surface area contributed by atoms with Crippen LogP contribution in [0.15, 0.2) is 12.2 Å². The summed E-state index contributed by atoms with van der Waals surface area (Å²) in [6.07, 6.45) is 1.62. The van der Waals surface area contributed by atoms with Crippen molar-refractivity contribution in [2.45, 2.75) is 39.2 Å². The Morgan fingerprint density at radius 2 is 2.15 bits per heavy atom. The van der Waals surface area contributed by atoms with Gasteiger partial charge in [0.15, 0.2) is 0 Å². The quantitative estimate of drug-likeness (QED) is 0.620. The van der Waals surface area contributed by atoms with E-state index in [9.17, 15) is 4.79 Å². The van der Waals surface area contributed by atoms with Crippen LogP contribution in [0, 0.1) is 0 Å². The number of hydrogen-bond acceptors (Lipinski definition) is 2. The van der Waals surface area contributed by atoms with Crippen LogP contribution in [0.4, 0.5) is 0 Å². The fourth-order valence-corrected chi connectivity index (χ4v) is 0.844. The predicted octanol–water partition coefficient (Wildman–Crippen LogP) is 2.22. The van der Waals surface area contributed by atoms with E-state index in [4.69, 9.17) is 9.84 Å². The smallest absolute Gasteiger partial charge is 0.303 e. The third-order valence-electron chi connectivity index (χ3n) is 1.70. The molecule has 0 amide bonds. The van der Waals surface area contributed by atoms with E-state index in [1.165, 1.54) is 0 Å². The maximum atomic E-state index is 10.2. The highest BCUT2D eigenvalue weighted by molar-refractivity contribution is 5.66. The molecule has 0 aromatic carbocycles. The van der Waals surface area contributed by atoms with Gasteiger partial charge in [-0.3, -0.25) is 4.79 Å². The SMILES string of the molecule is C=C(C)CCOC(C)CCC(=O)O. The first kappa shape index (κ1) is 12.2. The minimum Gasteiger partial charge on any atom is -0.481 e. The molecule has 0 bridgehead atoms. The highest BCUT2D eigenvalue weighted by Gasteiger charge is 2.04. The molecule has 0 heterocycles. The zero-order chi connectivity index (χ0) is 10.3. The summed E-state index contributed by atoms with van der Waals surface area (Å²) in [6, 6.07) is 0. The summed E-state index contributed by atoms with van der Waals surface area (Å²) in [5.74, 6) is -0.768. The van der Waals surface area contributed by atoms with E-state index in [2.05, 4.69) is 6.58 Å². The van der Waals surface area contributed by atoms with Crippen molar-refractivity contribution in [2.24, 2.45) is 0 Å². The number of hydrogen-bond donors (Lipinski definition) is 1. The van der Waals surface area contributed by atoms with Gasteiger partial charge in [-0.1, -0.05) is 5.57 Å². The van der Waals surface area contributed by atoms with E-state index >= 15 is 0 Å². The first-order valence-corrected chi connectivity index (χ1v) is 4.50. The van der Waals surface area contributed by atoms with Crippen LogP contribution in [0.3, 0.4) is 0 Å². The van der Waals surface area contributed by atoms with Crippen molar-refractivity contribution in [1.29, 1.82) is 0 Å². The van der Waals surface area contributed by atoms with E-state index in [1.54, 1.807) is 0 Å². The van der Waals surface area contributed by atoms with Crippen LogP contribution in [0.2, 0.25) is 0 Å². The molecule has 1 unspecified atom stereocenters. The van der Waals surface area contributed by atoms with Gasteiger partial charge in [0, 0.05) is 6.42 Å². The molecule has 1 N–H and O–H groups in total. The molecule has 0 aliphatic carbocycles. The fraction of sp³-hybridized carbons (Fsp3) is 0.700. The lowest BCUT2D eigenvalue weighted by Crippen LogP contribution is -2.11. The van der Waals surface area contributed by atoms with Gasteiger partial charge in [-0.05, 0) is 26.7 Å². The molecule has 13 heavy (non-hydrogen) atoms. The van der Waals surface area contributed by atoms with Crippen molar-refractivity contribution in [3.63, 3.8) is 0 Å². The van der Waals surface area contributed by atoms with E-state index in [-0.39, 0.29) is 12.5 Å². The Labute approximate surface area is 79.4 Å². The van der Waals surface area contributed by atoms with Gasteiger partial charge >= 0.3 is 5.97 Å². The zero-order valence-corrected chi connectivity index (χ0v) is 8.38. The minimum atomic E-state index is -0.768. The van der Waals surface area contributed by atoms with Crippen molar-refractivity contribution in [3.8, 4) is 0 Å². The molecule has 76 valence electrons. The Morgan fingerprint density at radius 3 is 2.62 bits per heavy atom. The average molecular weight is 186 g/mol. The van der Waals surface area contributed by atoms with Gasteiger partial charge in [0.05, 0.1) is 12.7 Å². The first-order chi connectivity index (χ1) is 6.02. The lowest BCUT2D eigenvalue weighted by Gasteiger charge is -2.11. The van der Waals surface area contributed by atoms with Gasteiger partial charge in [-0.2, -0.15) is 0 Å². The molecular weight excluding hydrogens is 168 g/mol. The van der Waals surface area contributed by atoms with E-state index in [0.29, 0.717) is 13.0 Å². The molecule has 3 heteroatoms. The normalized spacial score (nSPS) is 12.5. The van der Waals surface area contributed by atoms with Crippen LogP contribution in [0.25, 0.3) is 0 Å². The average Bonchev–Trinajstić information content (AvgIpc) is 2.00. The maximum Gasteiger partial charge on any atom is 0.303 e. The summed E-state index contributed by atoms with van der Waals surface area (Å²) in [4.78, 5) is 10.2. The predicted molar refractivity (Wildman–Crippen MR) is 51.7 cm³/mol. The second-order valence-electron chi connectivity index (χ2n) is 3.32. The molecule has 0 saturated heterocycles. The van der Waals surface area contributed by atoms with Crippen molar-refractivity contribution < 1.29 is 14.6 Å². The van der Waals surface area contributed by atoms with Gasteiger partial charge in [0.2, 0.25) is 0 Å². The summed E-state index contributed by atoms with van der Waals surface area (Å²) in [6.45, 7) is 8.23. The highest BCUT2D eigenvalue weighted by atomic mass is 16.5. The van der Waals surface area contributed by atoms with Crippen LogP contribution in [-0.2, 0) is 9.53 Å². The third kappa shape index (κ3) is 9.08. The number of carbonyl (C=O) groups is 1. The van der Waals surface area contributed by atoms with Crippen molar-refractivity contribution in [1.82, 2.24) is 0 Å². The third-order valence-corrected chi connectivity index (χ3v) is 1.70. The molecule has 0 radical (unpaired) electrons. The largest absolute Gasteiger partial charge is 0.481 e. The summed E-state index contributed by atoms with van der Waals surface area (Å²) >= 11 is 0. The summed E-state index contributed by atoms with van der Waals surface area (Å²) in [5, 5.41) is 8.41. The maximum absolute atomic E-state index is 10.2. The van der Waals surface area contributed by atoms with Crippen molar-refractivity contribution in [3.05, 3.63) is 12.2 Å². The molecule has 3 nitrogen and oxygen atoms in total. The van der Waals surface area contributed by atoms with Crippen LogP contribution in [0.1, 0.15) is 33.1 Å². The Morgan fingerprint density at radius 1 is 1.54 bits per heavy atom. The molecule has 0 rings (SSSR count). The molecule has 0 aromatic rings. The van der Waals surface area contributed by atoms with Crippen LogP contribution in [-0.4, -0.2) is 23.8 Å². The van der Waals surface area contributed by atoms with Gasteiger partial charge in [-0.15, -0.1) is 6.58 Å². The molecule has 1 atom stereocenters. The lowest BCUT2D eigenvalue weighted by molar-refractivity contribution is -0.137. The number of carboxylic acids is 1. The molecular formula is C10H18O3. The standard InChI is InChI=1S/C10H18O3/c1-8(2)6-7-13-9(3)4-5-10(11)12/h9H,1,4-7H2,2-3H3,(H,11,12). The molecule has 0 spiro atoms. The van der Waals surface area contributed by atoms with Gasteiger partial charge in [0.1, 0.15) is 0 Å². The molecule has 0 aliphatic heterocycles. The number of rotatable bonds is 7. The van der Waals surface area contributed by atoms with Crippen LogP contribution >= 0.6 is 0 Å². The van der Waals surface area contributed by atoms with E-state index in [1.807, 2.05) is 13.8 Å². The van der Waals surface area contributed by atoms with E-state index in [0.717, 1.165) is 12.0 Å². The first-order valence-electron chi connectivity index (χ1n) is 4.50. The van der Waals surface area contributed by atoms with Crippen molar-refractivity contribution >= 4 is 5.97 Å². The van der Waals surface area contributed by atoms with E-state index < -0.39 is 5.97 Å². The highest BCUT2D eigenvalue weighted by Crippen LogP contribution is 2.04. The van der Waals surface area contributed by atoms with Gasteiger partial charge in [-0.25, -0.2) is 0 Å². The Hall–Kier alpha value is -0.830. The second kappa shape index (κ2) is 6.66. The topological polar surface area (TPSA) is 46.5 Å². The zero-order valence-electron chi connectivity index (χ0n) is 8.38. The van der Waals surface area contributed by atoms with Gasteiger partial charge in [0.25, 0.3) is 0 Å². The fourth-order valence-electron chi connectivity index (χ4n) is 0.844. The number of ether oxygens (including phenoxy) is 1. The molecule has 0 aromatic heterocycles. The molecule has 0 saturated carbocycles. The monoisotopic (exact) mass is 186 g/mol. The van der Waals surface area contributed by atoms with Gasteiger partial charge < -0.3 is 9.84 Å². The Kier molecular flexibility index (Phi) is 6.24. The Bertz CT molecular complexity index is 175. The minimum absolute atomic E-state index is 0.0236.